The van der Waals surface area contributed by atoms with Gasteiger partial charge in [-0.2, -0.15) is 0 Å². The molecule has 146 valence electrons. The Hall–Kier alpha value is -2.41. The van der Waals surface area contributed by atoms with Gasteiger partial charge in [-0.25, -0.2) is 4.98 Å². The number of nitrogens with one attached hydrogen (secondary N) is 2. The summed E-state index contributed by atoms with van der Waals surface area (Å²) in [6.07, 6.45) is 4.27. The van der Waals surface area contributed by atoms with E-state index in [1.807, 2.05) is 43.6 Å². The Morgan fingerprint density at radius 2 is 1.96 bits per heavy atom. The minimum absolute atomic E-state index is 0.108. The Labute approximate surface area is 165 Å². The highest BCUT2D eigenvalue weighted by molar-refractivity contribution is 7.11. The normalized spacial score (nSPS) is 11.3. The second kappa shape index (κ2) is 11.3. The van der Waals surface area contributed by atoms with Gasteiger partial charge in [0, 0.05) is 57.6 Å². The van der Waals surface area contributed by atoms with E-state index in [9.17, 15) is 4.79 Å². The summed E-state index contributed by atoms with van der Waals surface area (Å²) in [5, 5.41) is 7.60. The molecular weight excluding hydrogens is 358 g/mol. The molecule has 0 unspecified atom stereocenters. The van der Waals surface area contributed by atoms with Gasteiger partial charge in [-0.15, -0.1) is 11.3 Å². The maximum atomic E-state index is 12.3. The number of amides is 1. The maximum absolute atomic E-state index is 12.3. The average molecular weight is 388 g/mol. The molecule has 0 aliphatic rings. The summed E-state index contributed by atoms with van der Waals surface area (Å²) in [7, 11) is 3.57. The molecule has 7 heteroatoms. The SMILES string of the molecule is CCc1cnc(CCNC(=NC)NCCC(=O)N(C)Cc2ccccc2)s1. The van der Waals surface area contributed by atoms with Crippen molar-refractivity contribution in [3.8, 4) is 0 Å². The molecule has 2 aromatic rings. The van der Waals surface area contributed by atoms with Crippen LogP contribution < -0.4 is 10.6 Å². The van der Waals surface area contributed by atoms with Crippen LogP contribution in [0, 0.1) is 0 Å². The largest absolute Gasteiger partial charge is 0.356 e. The highest BCUT2D eigenvalue weighted by Gasteiger charge is 2.09. The fourth-order valence-corrected chi connectivity index (χ4v) is 3.42. The maximum Gasteiger partial charge on any atom is 0.224 e. The number of aromatic nitrogens is 1. The molecule has 1 aromatic heterocycles. The van der Waals surface area contributed by atoms with E-state index in [0.717, 1.165) is 30.0 Å². The lowest BCUT2D eigenvalue weighted by molar-refractivity contribution is -0.130. The van der Waals surface area contributed by atoms with Gasteiger partial charge in [0.2, 0.25) is 5.91 Å². The second-order valence-corrected chi connectivity index (χ2v) is 7.43. The van der Waals surface area contributed by atoms with Gasteiger partial charge in [-0.05, 0) is 12.0 Å². The Bertz CT molecular complexity index is 729. The molecule has 0 aliphatic heterocycles. The molecule has 0 fully saturated rings. The van der Waals surface area contributed by atoms with E-state index < -0.39 is 0 Å². The van der Waals surface area contributed by atoms with Gasteiger partial charge in [0.15, 0.2) is 5.96 Å². The summed E-state index contributed by atoms with van der Waals surface area (Å²) in [6.45, 7) is 4.08. The van der Waals surface area contributed by atoms with Crippen molar-refractivity contribution >= 4 is 23.2 Å². The summed E-state index contributed by atoms with van der Waals surface area (Å²) in [5.41, 5.74) is 1.13. The zero-order valence-electron chi connectivity index (χ0n) is 16.4. The molecule has 2 N–H and O–H groups in total. The van der Waals surface area contributed by atoms with Crippen molar-refractivity contribution < 1.29 is 4.79 Å². The molecule has 0 radical (unpaired) electrons. The number of guanidine groups is 1. The van der Waals surface area contributed by atoms with Crippen LogP contribution in [0.2, 0.25) is 0 Å². The number of nitrogens with zero attached hydrogens (tertiary/aromatic N) is 3. The van der Waals surface area contributed by atoms with Gasteiger partial charge < -0.3 is 15.5 Å². The molecule has 0 saturated carbocycles. The van der Waals surface area contributed by atoms with Crippen molar-refractivity contribution in [2.75, 3.05) is 27.2 Å². The zero-order valence-corrected chi connectivity index (χ0v) is 17.2. The highest BCUT2D eigenvalue weighted by Crippen LogP contribution is 2.13. The molecule has 0 atom stereocenters. The number of carbonyl (C=O) groups is 1. The predicted molar refractivity (Wildman–Crippen MR) is 112 cm³/mol. The van der Waals surface area contributed by atoms with E-state index in [-0.39, 0.29) is 5.91 Å². The van der Waals surface area contributed by atoms with Gasteiger partial charge in [0.1, 0.15) is 0 Å². The average Bonchev–Trinajstić information content (AvgIpc) is 3.15. The van der Waals surface area contributed by atoms with Crippen LogP contribution in [-0.4, -0.2) is 48.9 Å². The zero-order chi connectivity index (χ0) is 19.5. The highest BCUT2D eigenvalue weighted by atomic mass is 32.1. The van der Waals surface area contributed by atoms with Crippen LogP contribution in [0.1, 0.15) is 28.8 Å². The topological polar surface area (TPSA) is 69.6 Å². The number of thiazole rings is 1. The minimum atomic E-state index is 0.108. The Morgan fingerprint density at radius 1 is 1.22 bits per heavy atom. The van der Waals surface area contributed by atoms with Crippen molar-refractivity contribution in [1.82, 2.24) is 20.5 Å². The molecule has 2 rings (SSSR count). The van der Waals surface area contributed by atoms with Crippen LogP contribution >= 0.6 is 11.3 Å². The fraction of sp³-hybridized carbons (Fsp3) is 0.450. The van der Waals surface area contributed by atoms with Crippen molar-refractivity contribution in [2.24, 2.45) is 4.99 Å². The lowest BCUT2D eigenvalue weighted by atomic mass is 10.2. The molecule has 0 bridgehead atoms. The van der Waals surface area contributed by atoms with Gasteiger partial charge in [-0.1, -0.05) is 37.3 Å². The van der Waals surface area contributed by atoms with Crippen molar-refractivity contribution in [3.63, 3.8) is 0 Å². The first kappa shape index (κ1) is 20.9. The van der Waals surface area contributed by atoms with E-state index in [2.05, 4.69) is 27.5 Å². The first-order valence-corrected chi connectivity index (χ1v) is 10.1. The number of carbonyl (C=O) groups excluding carboxylic acids is 1. The van der Waals surface area contributed by atoms with Crippen LogP contribution in [0.3, 0.4) is 0 Å². The molecule has 27 heavy (non-hydrogen) atoms. The second-order valence-electron chi connectivity index (χ2n) is 6.24. The molecule has 1 aromatic carbocycles. The van der Waals surface area contributed by atoms with Crippen molar-refractivity contribution in [1.29, 1.82) is 0 Å². The monoisotopic (exact) mass is 387 g/mol. The molecule has 0 spiro atoms. The van der Waals surface area contributed by atoms with Crippen LogP contribution in [0.25, 0.3) is 0 Å². The van der Waals surface area contributed by atoms with Crippen molar-refractivity contribution in [2.45, 2.75) is 32.7 Å². The number of hydrogen-bond donors (Lipinski definition) is 2. The lowest BCUT2D eigenvalue weighted by Gasteiger charge is -2.18. The number of benzene rings is 1. The van der Waals surface area contributed by atoms with Crippen LogP contribution in [-0.2, 0) is 24.2 Å². The van der Waals surface area contributed by atoms with Gasteiger partial charge in [0.05, 0.1) is 5.01 Å². The number of aliphatic imine (C=N–C) groups is 1. The van der Waals surface area contributed by atoms with Gasteiger partial charge >= 0.3 is 0 Å². The molecule has 1 amide bonds. The molecule has 0 saturated heterocycles. The van der Waals surface area contributed by atoms with E-state index in [4.69, 9.17) is 0 Å². The van der Waals surface area contributed by atoms with Crippen LogP contribution in [0.5, 0.6) is 0 Å². The summed E-state index contributed by atoms with van der Waals surface area (Å²) >= 11 is 1.76. The third kappa shape index (κ3) is 7.38. The third-order valence-corrected chi connectivity index (χ3v) is 5.33. The standard InChI is InChI=1S/C20H29N5OS/c1-4-17-14-24-18(27-17)10-12-22-20(21-2)23-13-11-19(26)25(3)15-16-8-6-5-7-9-16/h5-9,14H,4,10-13,15H2,1-3H3,(H2,21,22,23). The first-order chi connectivity index (χ1) is 13.1. The quantitative estimate of drug-likeness (QED) is 0.512. The Morgan fingerprint density at radius 3 is 2.63 bits per heavy atom. The van der Waals surface area contributed by atoms with E-state index in [0.29, 0.717) is 25.5 Å². The first-order valence-electron chi connectivity index (χ1n) is 9.28. The summed E-state index contributed by atoms with van der Waals surface area (Å²) in [4.78, 5) is 23.9. The van der Waals surface area contributed by atoms with Gasteiger partial charge in [0.25, 0.3) is 0 Å². The van der Waals surface area contributed by atoms with Gasteiger partial charge in [-0.3, -0.25) is 9.79 Å². The third-order valence-electron chi connectivity index (χ3n) is 4.12. The number of aryl methyl sites for hydroxylation is 1. The molecule has 6 nitrogen and oxygen atoms in total. The summed E-state index contributed by atoms with van der Waals surface area (Å²) in [5.74, 6) is 0.817. The summed E-state index contributed by atoms with van der Waals surface area (Å²) < 4.78 is 0. The molecule has 1 heterocycles. The summed E-state index contributed by atoms with van der Waals surface area (Å²) in [6, 6.07) is 10.0. The minimum Gasteiger partial charge on any atom is -0.356 e. The van der Waals surface area contributed by atoms with Crippen LogP contribution in [0.15, 0.2) is 41.5 Å². The van der Waals surface area contributed by atoms with E-state index >= 15 is 0 Å². The number of rotatable bonds is 9. The van der Waals surface area contributed by atoms with Crippen molar-refractivity contribution in [3.05, 3.63) is 52.0 Å². The van der Waals surface area contributed by atoms with E-state index in [1.54, 1.807) is 23.3 Å². The predicted octanol–water partition coefficient (Wildman–Crippen LogP) is 2.46. The smallest absolute Gasteiger partial charge is 0.224 e. The Kier molecular flexibility index (Phi) is 8.77. The Balaban J connectivity index is 1.65. The van der Waals surface area contributed by atoms with E-state index in [1.165, 1.54) is 4.88 Å². The number of hydrogen-bond acceptors (Lipinski definition) is 4. The molecule has 0 aliphatic carbocycles. The lowest BCUT2D eigenvalue weighted by Crippen LogP contribution is -2.40. The fourth-order valence-electron chi connectivity index (χ4n) is 2.56. The van der Waals surface area contributed by atoms with Crippen LogP contribution in [0.4, 0.5) is 0 Å². The molecular formula is C20H29N5OS.